The zero-order valence-corrected chi connectivity index (χ0v) is 10.7. The summed E-state index contributed by atoms with van der Waals surface area (Å²) in [6.45, 7) is 1.09. The third kappa shape index (κ3) is 3.29. The van der Waals surface area contributed by atoms with Crippen molar-refractivity contribution in [3.8, 4) is 0 Å². The highest BCUT2D eigenvalue weighted by Crippen LogP contribution is 2.14. The van der Waals surface area contributed by atoms with Crippen molar-refractivity contribution < 1.29 is 9.90 Å². The molecular weight excluding hydrogens is 288 g/mol. The molecule has 1 unspecified atom stereocenters. The van der Waals surface area contributed by atoms with Gasteiger partial charge in [-0.05, 0) is 28.8 Å². The van der Waals surface area contributed by atoms with E-state index < -0.39 is 6.09 Å². The second kappa shape index (κ2) is 5.31. The maximum absolute atomic E-state index is 10.9. The maximum Gasteiger partial charge on any atom is 0.407 e. The van der Waals surface area contributed by atoms with Gasteiger partial charge in [0.05, 0.1) is 4.47 Å². The molecule has 2 rings (SSSR count). The smallest absolute Gasteiger partial charge is 0.407 e. The number of nitrogens with one attached hydrogen (secondary N) is 1. The highest BCUT2D eigenvalue weighted by Gasteiger charge is 2.23. The Kier molecular flexibility index (Phi) is 3.78. The number of halogens is 1. The quantitative estimate of drug-likeness (QED) is 0.871. The number of rotatable bonds is 2. The van der Waals surface area contributed by atoms with Crippen LogP contribution in [0.1, 0.15) is 12.8 Å². The number of carbonyl (C=O) groups is 1. The summed E-state index contributed by atoms with van der Waals surface area (Å²) in [6, 6.07) is 0.0843. The summed E-state index contributed by atoms with van der Waals surface area (Å²) in [6.07, 6.45) is 4.25. The minimum absolute atomic E-state index is 0.0843. The molecule has 92 valence electrons. The SMILES string of the molecule is O=C(O)N1CCCC(Nc2ncc(Br)cn2)C1. The van der Waals surface area contributed by atoms with Crippen molar-refractivity contribution >= 4 is 28.0 Å². The lowest BCUT2D eigenvalue weighted by atomic mass is 10.1. The Morgan fingerprint density at radius 1 is 1.53 bits per heavy atom. The number of anilines is 1. The van der Waals surface area contributed by atoms with Gasteiger partial charge in [-0.2, -0.15) is 0 Å². The van der Waals surface area contributed by atoms with Crippen molar-refractivity contribution in [3.63, 3.8) is 0 Å². The Labute approximate surface area is 107 Å². The Hall–Kier alpha value is -1.37. The normalized spacial score (nSPS) is 20.1. The molecule has 1 saturated heterocycles. The fourth-order valence-corrected chi connectivity index (χ4v) is 2.04. The van der Waals surface area contributed by atoms with E-state index >= 15 is 0 Å². The van der Waals surface area contributed by atoms with Crippen molar-refractivity contribution in [3.05, 3.63) is 16.9 Å². The molecule has 0 aromatic carbocycles. The number of piperidine rings is 1. The van der Waals surface area contributed by atoms with Gasteiger partial charge in [0.2, 0.25) is 5.95 Å². The minimum atomic E-state index is -0.867. The second-order valence-electron chi connectivity index (χ2n) is 3.94. The topological polar surface area (TPSA) is 78.4 Å². The van der Waals surface area contributed by atoms with E-state index in [0.29, 0.717) is 19.0 Å². The van der Waals surface area contributed by atoms with Gasteiger partial charge in [-0.15, -0.1) is 0 Å². The van der Waals surface area contributed by atoms with E-state index in [1.165, 1.54) is 4.90 Å². The third-order valence-corrected chi connectivity index (χ3v) is 3.05. The van der Waals surface area contributed by atoms with Gasteiger partial charge >= 0.3 is 6.09 Å². The number of aromatic nitrogens is 2. The first kappa shape index (κ1) is 12.1. The van der Waals surface area contributed by atoms with Gasteiger partial charge in [0.25, 0.3) is 0 Å². The summed E-state index contributed by atoms with van der Waals surface area (Å²) in [5, 5.41) is 12.1. The highest BCUT2D eigenvalue weighted by atomic mass is 79.9. The standard InChI is InChI=1S/C10H13BrN4O2/c11-7-4-12-9(13-5-7)14-8-2-1-3-15(6-8)10(16)17/h4-5,8H,1-3,6H2,(H,16,17)(H,12,13,14). The number of nitrogens with zero attached hydrogens (tertiary/aromatic N) is 3. The first-order valence-electron chi connectivity index (χ1n) is 5.37. The van der Waals surface area contributed by atoms with Crippen LogP contribution in [0.4, 0.5) is 10.7 Å². The van der Waals surface area contributed by atoms with Crippen LogP contribution in [0, 0.1) is 0 Å². The molecule has 0 bridgehead atoms. The predicted octanol–water partition coefficient (Wildman–Crippen LogP) is 1.79. The molecule has 0 radical (unpaired) electrons. The van der Waals surface area contributed by atoms with E-state index in [2.05, 4.69) is 31.2 Å². The zero-order valence-electron chi connectivity index (χ0n) is 9.14. The van der Waals surface area contributed by atoms with E-state index in [-0.39, 0.29) is 6.04 Å². The molecule has 0 saturated carbocycles. The summed E-state index contributed by atoms with van der Waals surface area (Å²) in [7, 11) is 0. The summed E-state index contributed by atoms with van der Waals surface area (Å²) in [5.41, 5.74) is 0. The number of hydrogen-bond acceptors (Lipinski definition) is 4. The lowest BCUT2D eigenvalue weighted by molar-refractivity contribution is 0.132. The van der Waals surface area contributed by atoms with Gasteiger partial charge in [-0.1, -0.05) is 0 Å². The molecule has 1 atom stereocenters. The van der Waals surface area contributed by atoms with Gasteiger partial charge < -0.3 is 15.3 Å². The monoisotopic (exact) mass is 300 g/mol. The lowest BCUT2D eigenvalue weighted by Crippen LogP contribution is -2.44. The molecule has 1 aromatic heterocycles. The van der Waals surface area contributed by atoms with Gasteiger partial charge in [-0.3, -0.25) is 0 Å². The van der Waals surface area contributed by atoms with Crippen molar-refractivity contribution in [2.75, 3.05) is 18.4 Å². The summed E-state index contributed by atoms with van der Waals surface area (Å²) in [4.78, 5) is 20.5. The molecule has 1 aliphatic rings. The average molecular weight is 301 g/mol. The predicted molar refractivity (Wildman–Crippen MR) is 66.0 cm³/mol. The molecule has 6 nitrogen and oxygen atoms in total. The average Bonchev–Trinajstić information content (AvgIpc) is 2.32. The minimum Gasteiger partial charge on any atom is -0.465 e. The molecule has 1 aliphatic heterocycles. The first-order valence-corrected chi connectivity index (χ1v) is 6.16. The Balaban J connectivity index is 1.94. The van der Waals surface area contributed by atoms with Crippen LogP contribution in [-0.2, 0) is 0 Å². The van der Waals surface area contributed by atoms with Crippen LogP contribution in [0.3, 0.4) is 0 Å². The Morgan fingerprint density at radius 3 is 2.88 bits per heavy atom. The third-order valence-electron chi connectivity index (χ3n) is 2.65. The van der Waals surface area contributed by atoms with Crippen LogP contribution in [0.15, 0.2) is 16.9 Å². The molecule has 0 spiro atoms. The molecule has 1 aromatic rings. The fraction of sp³-hybridized carbons (Fsp3) is 0.500. The number of likely N-dealkylation sites (tertiary alicyclic amines) is 1. The van der Waals surface area contributed by atoms with Crippen LogP contribution >= 0.6 is 15.9 Å². The molecule has 2 N–H and O–H groups in total. The van der Waals surface area contributed by atoms with Crippen LogP contribution in [0.5, 0.6) is 0 Å². The molecule has 0 aliphatic carbocycles. The van der Waals surface area contributed by atoms with Gasteiger partial charge in [-0.25, -0.2) is 14.8 Å². The van der Waals surface area contributed by atoms with Crippen LogP contribution in [0.25, 0.3) is 0 Å². The largest absolute Gasteiger partial charge is 0.465 e. The summed E-state index contributed by atoms with van der Waals surface area (Å²) in [5.74, 6) is 0.533. The van der Waals surface area contributed by atoms with E-state index in [9.17, 15) is 4.79 Å². The van der Waals surface area contributed by atoms with Gasteiger partial charge in [0, 0.05) is 31.5 Å². The van der Waals surface area contributed by atoms with Crippen molar-refractivity contribution in [1.29, 1.82) is 0 Å². The Morgan fingerprint density at radius 2 is 2.24 bits per heavy atom. The van der Waals surface area contributed by atoms with Crippen LogP contribution in [0.2, 0.25) is 0 Å². The summed E-state index contributed by atoms with van der Waals surface area (Å²) < 4.78 is 0.818. The van der Waals surface area contributed by atoms with Crippen LogP contribution in [-0.4, -0.2) is 45.2 Å². The molecule has 2 heterocycles. The van der Waals surface area contributed by atoms with Crippen molar-refractivity contribution in [1.82, 2.24) is 14.9 Å². The van der Waals surface area contributed by atoms with E-state index in [1.54, 1.807) is 12.4 Å². The summed E-state index contributed by atoms with van der Waals surface area (Å²) >= 11 is 3.26. The Bertz CT molecular complexity index is 398. The van der Waals surface area contributed by atoms with E-state index in [4.69, 9.17) is 5.11 Å². The second-order valence-corrected chi connectivity index (χ2v) is 4.85. The van der Waals surface area contributed by atoms with E-state index in [0.717, 1.165) is 17.3 Å². The molecule has 1 fully saturated rings. The molecular formula is C10H13BrN4O2. The van der Waals surface area contributed by atoms with Crippen molar-refractivity contribution in [2.45, 2.75) is 18.9 Å². The van der Waals surface area contributed by atoms with Gasteiger partial charge in [0.15, 0.2) is 0 Å². The first-order chi connectivity index (χ1) is 8.15. The highest BCUT2D eigenvalue weighted by molar-refractivity contribution is 9.10. The zero-order chi connectivity index (χ0) is 12.3. The molecule has 7 heteroatoms. The molecule has 17 heavy (non-hydrogen) atoms. The lowest BCUT2D eigenvalue weighted by Gasteiger charge is -2.31. The number of amides is 1. The molecule has 1 amide bonds. The van der Waals surface area contributed by atoms with Gasteiger partial charge in [0.1, 0.15) is 0 Å². The van der Waals surface area contributed by atoms with Crippen molar-refractivity contribution in [2.24, 2.45) is 0 Å². The maximum atomic E-state index is 10.9. The number of hydrogen-bond donors (Lipinski definition) is 2. The van der Waals surface area contributed by atoms with Crippen LogP contribution < -0.4 is 5.32 Å². The fourth-order valence-electron chi connectivity index (χ4n) is 1.84. The number of carboxylic acid groups (broad SMARTS) is 1. The van der Waals surface area contributed by atoms with E-state index in [1.807, 2.05) is 0 Å².